The summed E-state index contributed by atoms with van der Waals surface area (Å²) in [6.07, 6.45) is 2.84. The summed E-state index contributed by atoms with van der Waals surface area (Å²) in [6.45, 7) is 1.74. The molecule has 25 heavy (non-hydrogen) atoms. The molecule has 0 aliphatic carbocycles. The van der Waals surface area contributed by atoms with Gasteiger partial charge in [-0.2, -0.15) is 0 Å². The van der Waals surface area contributed by atoms with Crippen molar-refractivity contribution in [1.29, 1.82) is 0 Å². The van der Waals surface area contributed by atoms with Gasteiger partial charge in [0.25, 0.3) is 5.56 Å². The molecule has 0 radical (unpaired) electrons. The Morgan fingerprint density at radius 2 is 1.96 bits per heavy atom. The van der Waals surface area contributed by atoms with Gasteiger partial charge < -0.3 is 0 Å². The highest BCUT2D eigenvalue weighted by molar-refractivity contribution is 7.84. The largest absolute Gasteiger partial charge is 0.270 e. The van der Waals surface area contributed by atoms with Crippen molar-refractivity contribution < 1.29 is 4.21 Å². The van der Waals surface area contributed by atoms with Gasteiger partial charge in [-0.15, -0.1) is 10.2 Å². The van der Waals surface area contributed by atoms with Crippen molar-refractivity contribution in [3.05, 3.63) is 51.7 Å². The van der Waals surface area contributed by atoms with Crippen molar-refractivity contribution in [2.75, 3.05) is 6.26 Å². The lowest BCUT2D eigenvalue weighted by Gasteiger charge is -2.11. The van der Waals surface area contributed by atoms with Gasteiger partial charge in [0, 0.05) is 12.5 Å². The van der Waals surface area contributed by atoms with E-state index in [0.717, 1.165) is 0 Å². The average molecular weight is 375 g/mol. The van der Waals surface area contributed by atoms with Crippen molar-refractivity contribution in [2.24, 2.45) is 0 Å². The van der Waals surface area contributed by atoms with Crippen LogP contribution in [-0.2, 0) is 10.8 Å². The van der Waals surface area contributed by atoms with Gasteiger partial charge in [0.1, 0.15) is 11.2 Å². The molecule has 1 atom stereocenters. The molecule has 0 aliphatic heterocycles. The molecule has 0 spiro atoms. The van der Waals surface area contributed by atoms with Crippen LogP contribution in [0, 0.1) is 6.92 Å². The van der Waals surface area contributed by atoms with Gasteiger partial charge >= 0.3 is 0 Å². The molecule has 0 saturated carbocycles. The highest BCUT2D eigenvalue weighted by Crippen LogP contribution is 2.22. The van der Waals surface area contributed by atoms with Gasteiger partial charge in [0.15, 0.2) is 5.65 Å². The van der Waals surface area contributed by atoms with E-state index in [4.69, 9.17) is 11.6 Å². The Bertz CT molecular complexity index is 1230. The zero-order valence-corrected chi connectivity index (χ0v) is 14.7. The van der Waals surface area contributed by atoms with Crippen LogP contribution in [0.4, 0.5) is 0 Å². The Hall–Kier alpha value is -2.65. The summed E-state index contributed by atoms with van der Waals surface area (Å²) in [5, 5.41) is 8.95. The third kappa shape index (κ3) is 2.35. The second kappa shape index (κ2) is 5.71. The van der Waals surface area contributed by atoms with E-state index in [2.05, 4.69) is 20.2 Å². The number of benzene rings is 1. The van der Waals surface area contributed by atoms with Gasteiger partial charge in [-0.25, -0.2) is 18.9 Å². The number of hydrogen-bond donors (Lipinski definition) is 0. The number of fused-ring (bicyclic) bond motifs is 3. The van der Waals surface area contributed by atoms with Crippen LogP contribution in [0.5, 0.6) is 0 Å². The van der Waals surface area contributed by atoms with Crippen LogP contribution in [0.25, 0.3) is 22.5 Å². The van der Waals surface area contributed by atoms with E-state index in [1.54, 1.807) is 35.6 Å². The third-order valence-electron chi connectivity index (χ3n) is 3.75. The van der Waals surface area contributed by atoms with Crippen LogP contribution >= 0.6 is 11.6 Å². The van der Waals surface area contributed by atoms with Crippen molar-refractivity contribution in [3.8, 4) is 5.69 Å². The van der Waals surface area contributed by atoms with E-state index < -0.39 is 10.8 Å². The molecule has 1 unspecified atom stereocenters. The van der Waals surface area contributed by atoms with Crippen molar-refractivity contribution in [2.45, 2.75) is 12.1 Å². The molecular formula is C15H11ClN6O2S. The minimum atomic E-state index is -1.38. The first-order valence-corrected chi connectivity index (χ1v) is 9.14. The normalized spacial score (nSPS) is 12.8. The van der Waals surface area contributed by atoms with E-state index >= 15 is 0 Å². The first-order chi connectivity index (χ1) is 12.0. The second-order valence-electron chi connectivity index (χ2n) is 5.32. The summed E-state index contributed by atoms with van der Waals surface area (Å²) in [5.74, 6) is 0.807. The average Bonchev–Trinajstić information content (AvgIpc) is 2.98. The van der Waals surface area contributed by atoms with Crippen LogP contribution in [0.2, 0.25) is 5.02 Å². The number of halogens is 1. The number of aromatic nitrogens is 6. The Labute approximate surface area is 148 Å². The lowest BCUT2D eigenvalue weighted by atomic mass is 10.3. The number of aryl methyl sites for hydroxylation is 1. The number of hydrogen-bond acceptors (Lipinski definition) is 6. The van der Waals surface area contributed by atoms with E-state index in [9.17, 15) is 9.00 Å². The summed E-state index contributed by atoms with van der Waals surface area (Å²) in [4.78, 5) is 21.4. The quantitative estimate of drug-likeness (QED) is 0.494. The fourth-order valence-corrected chi connectivity index (χ4v) is 3.26. The maximum atomic E-state index is 13.1. The fourth-order valence-electron chi connectivity index (χ4n) is 2.62. The molecule has 0 N–H and O–H groups in total. The zero-order valence-electron chi connectivity index (χ0n) is 13.2. The molecule has 0 fully saturated rings. The van der Waals surface area contributed by atoms with Gasteiger partial charge in [-0.1, -0.05) is 23.7 Å². The third-order valence-corrected chi connectivity index (χ3v) is 4.78. The van der Waals surface area contributed by atoms with Gasteiger partial charge in [0.05, 0.1) is 21.5 Å². The first kappa shape index (κ1) is 15.9. The lowest BCUT2D eigenvalue weighted by Crippen LogP contribution is -2.23. The Morgan fingerprint density at radius 1 is 1.20 bits per heavy atom. The highest BCUT2D eigenvalue weighted by Gasteiger charge is 2.19. The molecule has 3 aromatic heterocycles. The topological polar surface area (TPSA) is 95.0 Å². The summed E-state index contributed by atoms with van der Waals surface area (Å²) in [6, 6.07) is 6.95. The van der Waals surface area contributed by atoms with Crippen LogP contribution in [0.3, 0.4) is 0 Å². The van der Waals surface area contributed by atoms with E-state index in [0.29, 0.717) is 22.2 Å². The molecule has 4 rings (SSSR count). The number of nitrogens with zero attached hydrogens (tertiary/aromatic N) is 6. The van der Waals surface area contributed by atoms with Crippen LogP contribution < -0.4 is 5.56 Å². The maximum absolute atomic E-state index is 13.1. The number of para-hydroxylation sites is 1. The number of rotatable bonds is 2. The van der Waals surface area contributed by atoms with E-state index in [-0.39, 0.29) is 21.9 Å². The molecule has 0 amide bonds. The molecule has 4 aromatic rings. The molecule has 1 aromatic carbocycles. The summed E-state index contributed by atoms with van der Waals surface area (Å²) in [7, 11) is -1.38. The molecule has 10 heteroatoms. The molecule has 3 heterocycles. The molecule has 0 bridgehead atoms. The van der Waals surface area contributed by atoms with Crippen LogP contribution in [-0.4, -0.2) is 39.6 Å². The smallest absolute Gasteiger partial charge is 0.268 e. The molecular weight excluding hydrogens is 364 g/mol. The molecule has 0 aliphatic rings. The van der Waals surface area contributed by atoms with Crippen molar-refractivity contribution >= 4 is 39.2 Å². The summed E-state index contributed by atoms with van der Waals surface area (Å²) in [5.41, 5.74) is 0.416. The van der Waals surface area contributed by atoms with Gasteiger partial charge in [0.2, 0.25) is 10.9 Å². The van der Waals surface area contributed by atoms with Crippen molar-refractivity contribution in [3.63, 3.8) is 0 Å². The monoisotopic (exact) mass is 374 g/mol. The SMILES string of the molecule is Cc1nnc2n(-c3ccccc3Cl)c(=O)c3cnc(S(C)=O)nc3n12. The molecule has 0 saturated heterocycles. The highest BCUT2D eigenvalue weighted by atomic mass is 35.5. The lowest BCUT2D eigenvalue weighted by molar-refractivity contribution is 0.680. The first-order valence-electron chi connectivity index (χ1n) is 7.21. The fraction of sp³-hybridized carbons (Fsp3) is 0.133. The van der Waals surface area contributed by atoms with E-state index in [1.165, 1.54) is 17.0 Å². The predicted octanol–water partition coefficient (Wildman–Crippen LogP) is 1.52. The predicted molar refractivity (Wildman–Crippen MR) is 93.8 cm³/mol. The Kier molecular flexibility index (Phi) is 3.62. The minimum absolute atomic E-state index is 0.136. The Morgan fingerprint density at radius 3 is 2.68 bits per heavy atom. The molecule has 126 valence electrons. The van der Waals surface area contributed by atoms with Crippen LogP contribution in [0.15, 0.2) is 40.4 Å². The minimum Gasteiger partial charge on any atom is -0.268 e. The van der Waals surface area contributed by atoms with E-state index in [1.807, 2.05) is 0 Å². The summed E-state index contributed by atoms with van der Waals surface area (Å²) < 4.78 is 14.7. The van der Waals surface area contributed by atoms with Gasteiger partial charge in [-0.3, -0.25) is 9.00 Å². The Balaban J connectivity index is 2.24. The summed E-state index contributed by atoms with van der Waals surface area (Å²) >= 11 is 6.27. The van der Waals surface area contributed by atoms with Crippen molar-refractivity contribution in [1.82, 2.24) is 29.1 Å². The van der Waals surface area contributed by atoms with Crippen LogP contribution in [0.1, 0.15) is 5.82 Å². The zero-order chi connectivity index (χ0) is 17.7. The molecule has 8 nitrogen and oxygen atoms in total. The second-order valence-corrected chi connectivity index (χ2v) is 7.00. The standard InChI is InChI=1S/C15H11ClN6O2S/c1-8-19-20-15-21(8)12-9(7-17-14(18-12)25(2)24)13(23)22(15)11-6-4-3-5-10(11)16/h3-7H,1-2H3. The van der Waals surface area contributed by atoms with Gasteiger partial charge in [-0.05, 0) is 19.1 Å². The maximum Gasteiger partial charge on any atom is 0.270 e.